The van der Waals surface area contributed by atoms with Gasteiger partial charge in [-0.2, -0.15) is 0 Å². The molecular formula is C12H19BrClN3O. The van der Waals surface area contributed by atoms with Gasteiger partial charge in [0.2, 0.25) is 0 Å². The second-order valence-corrected chi connectivity index (χ2v) is 5.26. The zero-order valence-corrected chi connectivity index (χ0v) is 12.8. The van der Waals surface area contributed by atoms with Crippen LogP contribution in [0.5, 0.6) is 0 Å². The second kappa shape index (κ2) is 7.16. The summed E-state index contributed by atoms with van der Waals surface area (Å²) in [5.74, 6) is 0.0197. The predicted octanol–water partition coefficient (Wildman–Crippen LogP) is 2.17. The first-order valence-corrected chi connectivity index (χ1v) is 6.87. The van der Waals surface area contributed by atoms with E-state index in [0.29, 0.717) is 0 Å². The third-order valence-electron chi connectivity index (χ3n) is 3.07. The van der Waals surface area contributed by atoms with Crippen LogP contribution in [0.15, 0.2) is 16.7 Å². The Morgan fingerprint density at radius 3 is 3.06 bits per heavy atom. The normalized spacial score (nSPS) is 19.1. The molecule has 0 radical (unpaired) electrons. The van der Waals surface area contributed by atoms with Gasteiger partial charge in [0.05, 0.1) is 0 Å². The van der Waals surface area contributed by atoms with Crippen molar-refractivity contribution in [2.24, 2.45) is 0 Å². The molecule has 18 heavy (non-hydrogen) atoms. The highest BCUT2D eigenvalue weighted by Crippen LogP contribution is 2.15. The smallest absolute Gasteiger partial charge is 0.268 e. The van der Waals surface area contributed by atoms with Crippen molar-refractivity contribution in [3.8, 4) is 0 Å². The van der Waals surface area contributed by atoms with Gasteiger partial charge in [0.15, 0.2) is 0 Å². The summed E-state index contributed by atoms with van der Waals surface area (Å²) in [4.78, 5) is 12.1. The van der Waals surface area contributed by atoms with E-state index in [1.165, 1.54) is 0 Å². The van der Waals surface area contributed by atoms with Crippen LogP contribution in [0.3, 0.4) is 0 Å². The molecule has 0 aliphatic carbocycles. The fourth-order valence-corrected chi connectivity index (χ4v) is 2.63. The van der Waals surface area contributed by atoms with Gasteiger partial charge >= 0.3 is 0 Å². The van der Waals surface area contributed by atoms with Crippen LogP contribution in [-0.4, -0.2) is 29.6 Å². The molecule has 2 heterocycles. The third-order valence-corrected chi connectivity index (χ3v) is 3.50. The zero-order valence-electron chi connectivity index (χ0n) is 10.4. The van der Waals surface area contributed by atoms with E-state index >= 15 is 0 Å². The van der Waals surface area contributed by atoms with Gasteiger partial charge in [-0.05, 0) is 48.3 Å². The lowest BCUT2D eigenvalue weighted by molar-refractivity contribution is 0.0921. The minimum Gasteiger partial charge on any atom is -0.347 e. The molecule has 1 aliphatic rings. The summed E-state index contributed by atoms with van der Waals surface area (Å²) in [5.41, 5.74) is 0.727. The molecule has 1 saturated heterocycles. The number of hydrogen-bond acceptors (Lipinski definition) is 2. The molecule has 0 bridgehead atoms. The topological polar surface area (TPSA) is 46.1 Å². The van der Waals surface area contributed by atoms with E-state index in [9.17, 15) is 4.79 Å². The maximum atomic E-state index is 12.1. The number of hydrogen-bond donors (Lipinski definition) is 2. The van der Waals surface area contributed by atoms with E-state index in [1.54, 1.807) is 0 Å². The van der Waals surface area contributed by atoms with Crippen molar-refractivity contribution in [3.05, 3.63) is 22.4 Å². The van der Waals surface area contributed by atoms with E-state index in [4.69, 9.17) is 0 Å². The molecule has 1 aromatic rings. The van der Waals surface area contributed by atoms with Crippen molar-refractivity contribution in [2.45, 2.75) is 32.4 Å². The quantitative estimate of drug-likeness (QED) is 0.888. The SMILES string of the molecule is CCn1cc(Br)cc1C(=O)NC1CCCNC1.Cl. The highest BCUT2D eigenvalue weighted by molar-refractivity contribution is 9.10. The number of nitrogens with zero attached hydrogens (tertiary/aromatic N) is 1. The predicted molar refractivity (Wildman–Crippen MR) is 78.4 cm³/mol. The lowest BCUT2D eigenvalue weighted by Crippen LogP contribution is -2.46. The van der Waals surface area contributed by atoms with Crippen LogP contribution in [0, 0.1) is 0 Å². The van der Waals surface area contributed by atoms with Gasteiger partial charge in [0.1, 0.15) is 5.69 Å². The molecule has 0 aromatic carbocycles. The van der Waals surface area contributed by atoms with Crippen molar-refractivity contribution in [2.75, 3.05) is 13.1 Å². The summed E-state index contributed by atoms with van der Waals surface area (Å²) in [6.07, 6.45) is 4.13. The third kappa shape index (κ3) is 3.73. The van der Waals surface area contributed by atoms with Crippen molar-refractivity contribution in [3.63, 3.8) is 0 Å². The van der Waals surface area contributed by atoms with Crippen molar-refractivity contribution in [1.29, 1.82) is 0 Å². The molecule has 0 saturated carbocycles. The summed E-state index contributed by atoms with van der Waals surface area (Å²) in [6, 6.07) is 2.13. The van der Waals surface area contributed by atoms with Crippen LogP contribution in [0.4, 0.5) is 0 Å². The van der Waals surface area contributed by atoms with Crippen molar-refractivity contribution in [1.82, 2.24) is 15.2 Å². The Bertz CT molecular complexity index is 402. The van der Waals surface area contributed by atoms with Gasteiger partial charge in [-0.3, -0.25) is 4.79 Å². The van der Waals surface area contributed by atoms with Crippen molar-refractivity contribution >= 4 is 34.2 Å². The Labute approximate surface area is 122 Å². The highest BCUT2D eigenvalue weighted by Gasteiger charge is 2.18. The van der Waals surface area contributed by atoms with Crippen LogP contribution in [0.25, 0.3) is 0 Å². The number of aromatic nitrogens is 1. The highest BCUT2D eigenvalue weighted by atomic mass is 79.9. The average Bonchev–Trinajstić information content (AvgIpc) is 2.72. The lowest BCUT2D eigenvalue weighted by atomic mass is 10.1. The summed E-state index contributed by atoms with van der Waals surface area (Å²) in [5, 5.41) is 6.37. The number of carbonyl (C=O) groups is 1. The minimum absolute atomic E-state index is 0. The Balaban J connectivity index is 0.00000162. The minimum atomic E-state index is 0. The first-order chi connectivity index (χ1) is 8.20. The monoisotopic (exact) mass is 335 g/mol. The molecule has 102 valence electrons. The van der Waals surface area contributed by atoms with E-state index in [2.05, 4.69) is 26.6 Å². The summed E-state index contributed by atoms with van der Waals surface area (Å²) >= 11 is 3.40. The van der Waals surface area contributed by atoms with Gasteiger partial charge in [-0.25, -0.2) is 0 Å². The number of rotatable bonds is 3. The fraction of sp³-hybridized carbons (Fsp3) is 0.583. The molecule has 2 N–H and O–H groups in total. The Hall–Kier alpha value is -0.520. The Morgan fingerprint density at radius 2 is 2.44 bits per heavy atom. The van der Waals surface area contributed by atoms with Crippen LogP contribution in [0.1, 0.15) is 30.3 Å². The van der Waals surface area contributed by atoms with Crippen LogP contribution < -0.4 is 10.6 Å². The number of piperidine rings is 1. The summed E-state index contributed by atoms with van der Waals surface area (Å²) in [7, 11) is 0. The first kappa shape index (κ1) is 15.5. The maximum Gasteiger partial charge on any atom is 0.268 e. The van der Waals surface area contributed by atoms with Gasteiger partial charge in [-0.1, -0.05) is 0 Å². The second-order valence-electron chi connectivity index (χ2n) is 4.35. The number of aryl methyl sites for hydroxylation is 1. The largest absolute Gasteiger partial charge is 0.347 e. The van der Waals surface area contributed by atoms with E-state index in [1.807, 2.05) is 23.8 Å². The van der Waals surface area contributed by atoms with Gasteiger partial charge in [0.25, 0.3) is 5.91 Å². The van der Waals surface area contributed by atoms with E-state index in [0.717, 1.165) is 42.6 Å². The zero-order chi connectivity index (χ0) is 12.3. The van der Waals surface area contributed by atoms with E-state index in [-0.39, 0.29) is 24.4 Å². The number of nitrogens with one attached hydrogen (secondary N) is 2. The Morgan fingerprint density at radius 1 is 1.67 bits per heavy atom. The van der Waals surface area contributed by atoms with E-state index < -0.39 is 0 Å². The van der Waals surface area contributed by atoms with Gasteiger partial charge in [-0.15, -0.1) is 12.4 Å². The van der Waals surface area contributed by atoms with Crippen LogP contribution in [-0.2, 0) is 6.54 Å². The Kier molecular flexibility index (Phi) is 6.18. The first-order valence-electron chi connectivity index (χ1n) is 6.08. The summed E-state index contributed by atoms with van der Waals surface area (Å²) < 4.78 is 2.90. The average molecular weight is 337 g/mol. The number of halogens is 2. The summed E-state index contributed by atoms with van der Waals surface area (Å²) in [6.45, 7) is 4.77. The number of carbonyl (C=O) groups excluding carboxylic acids is 1. The molecule has 1 atom stereocenters. The maximum absolute atomic E-state index is 12.1. The lowest BCUT2D eigenvalue weighted by Gasteiger charge is -2.23. The molecule has 1 aliphatic heterocycles. The molecule has 1 amide bonds. The molecular weight excluding hydrogens is 318 g/mol. The standard InChI is InChI=1S/C12H18BrN3O.ClH/c1-2-16-8-9(13)6-11(16)12(17)15-10-4-3-5-14-7-10;/h6,8,10,14H,2-5,7H2,1H3,(H,15,17);1H. The molecule has 1 fully saturated rings. The van der Waals surface area contributed by atoms with Crippen molar-refractivity contribution < 1.29 is 4.79 Å². The van der Waals surface area contributed by atoms with Gasteiger partial charge < -0.3 is 15.2 Å². The van der Waals surface area contributed by atoms with Crippen LogP contribution >= 0.6 is 28.3 Å². The van der Waals surface area contributed by atoms with Gasteiger partial charge in [0, 0.05) is 29.8 Å². The molecule has 1 aromatic heterocycles. The number of amides is 1. The molecule has 4 nitrogen and oxygen atoms in total. The molecule has 0 spiro atoms. The van der Waals surface area contributed by atoms with Crippen LogP contribution in [0.2, 0.25) is 0 Å². The fourth-order valence-electron chi connectivity index (χ4n) is 2.16. The molecule has 2 rings (SSSR count). The molecule has 6 heteroatoms. The molecule has 1 unspecified atom stereocenters.